The lowest BCUT2D eigenvalue weighted by Gasteiger charge is -2.33. The molecule has 1 amide bonds. The second-order valence-electron chi connectivity index (χ2n) is 10.1. The monoisotopic (exact) mass is 542 g/mol. The molecule has 0 unspecified atom stereocenters. The molecule has 0 radical (unpaired) electrons. The number of nitrogens with zero attached hydrogens (tertiary/aromatic N) is 5. The Morgan fingerprint density at radius 1 is 1.15 bits per heavy atom. The van der Waals surface area contributed by atoms with Gasteiger partial charge in [-0.25, -0.2) is 9.97 Å². The van der Waals surface area contributed by atoms with E-state index in [1.165, 1.54) is 12.5 Å². The average Bonchev–Trinajstić information content (AvgIpc) is 2.99. The van der Waals surface area contributed by atoms with Crippen LogP contribution in [0.4, 0.5) is 11.6 Å². The van der Waals surface area contributed by atoms with Crippen molar-refractivity contribution in [1.82, 2.24) is 19.8 Å². The number of ether oxygens (including phenoxy) is 2. The first-order chi connectivity index (χ1) is 19.5. The number of benzene rings is 2. The van der Waals surface area contributed by atoms with Gasteiger partial charge < -0.3 is 24.8 Å². The second kappa shape index (κ2) is 12.9. The predicted molar refractivity (Wildman–Crippen MR) is 150 cm³/mol. The van der Waals surface area contributed by atoms with Crippen LogP contribution in [0.5, 0.6) is 5.75 Å². The van der Waals surface area contributed by atoms with Crippen LogP contribution in [-0.4, -0.2) is 82.4 Å². The number of amides is 1. The van der Waals surface area contributed by atoms with Crippen molar-refractivity contribution in [2.24, 2.45) is 0 Å². The first-order valence-corrected chi connectivity index (χ1v) is 13.7. The summed E-state index contributed by atoms with van der Waals surface area (Å²) >= 11 is 0. The number of anilines is 2. The number of morpholine rings is 1. The average molecular weight is 543 g/mol. The van der Waals surface area contributed by atoms with E-state index in [0.29, 0.717) is 48.9 Å². The van der Waals surface area contributed by atoms with Gasteiger partial charge in [-0.3, -0.25) is 9.69 Å². The zero-order valence-corrected chi connectivity index (χ0v) is 22.6. The topological polar surface area (TPSA) is 124 Å². The Hall–Kier alpha value is -4.04. The minimum Gasteiger partial charge on any atom is -0.489 e. The predicted octanol–water partition coefficient (Wildman–Crippen LogP) is 3.34. The number of likely N-dealkylation sites (tertiary alicyclic amines) is 1. The molecule has 0 spiro atoms. The van der Waals surface area contributed by atoms with Gasteiger partial charge in [0.05, 0.1) is 24.5 Å². The minimum absolute atomic E-state index is 0.105. The number of nitrogens with one attached hydrogen (secondary N) is 1. The molecule has 10 nitrogen and oxygen atoms in total. The molecule has 40 heavy (non-hydrogen) atoms. The lowest BCUT2D eigenvalue weighted by Crippen LogP contribution is -2.45. The van der Waals surface area contributed by atoms with Gasteiger partial charge in [-0.2, -0.15) is 5.26 Å². The molecule has 0 aliphatic carbocycles. The quantitative estimate of drug-likeness (QED) is 0.441. The van der Waals surface area contributed by atoms with Crippen LogP contribution in [-0.2, 0) is 16.1 Å². The summed E-state index contributed by atoms with van der Waals surface area (Å²) in [5.74, 6) is 0.715. The fraction of sp³-hybridized carbons (Fsp3) is 0.400. The SMILES string of the molecule is C[C@H](O)C(=O)N1CCC(Oc2ccc(-c3ccnc(Nc4ccc(CN5CCOCC5)cc4)n3)cc2C#N)CC1. The largest absolute Gasteiger partial charge is 0.489 e. The highest BCUT2D eigenvalue weighted by Crippen LogP contribution is 2.28. The van der Waals surface area contributed by atoms with Gasteiger partial charge in [0, 0.05) is 63.0 Å². The summed E-state index contributed by atoms with van der Waals surface area (Å²) in [6.45, 7) is 6.89. The molecule has 3 heterocycles. The molecule has 2 aliphatic rings. The first-order valence-electron chi connectivity index (χ1n) is 13.7. The molecule has 0 saturated carbocycles. The number of nitriles is 1. The minimum atomic E-state index is -1.00. The molecule has 0 bridgehead atoms. The van der Waals surface area contributed by atoms with E-state index in [2.05, 4.69) is 38.4 Å². The molecule has 208 valence electrons. The van der Waals surface area contributed by atoms with E-state index in [-0.39, 0.29) is 12.0 Å². The lowest BCUT2D eigenvalue weighted by molar-refractivity contribution is -0.141. The normalized spacial score (nSPS) is 17.2. The number of aliphatic hydroxyl groups is 1. The molecule has 2 aliphatic heterocycles. The van der Waals surface area contributed by atoms with Gasteiger partial charge in [0.1, 0.15) is 24.0 Å². The van der Waals surface area contributed by atoms with E-state index in [0.717, 1.165) is 44.1 Å². The van der Waals surface area contributed by atoms with E-state index >= 15 is 0 Å². The van der Waals surface area contributed by atoms with Gasteiger partial charge in [-0.1, -0.05) is 12.1 Å². The van der Waals surface area contributed by atoms with Crippen molar-refractivity contribution in [2.45, 2.75) is 38.5 Å². The van der Waals surface area contributed by atoms with E-state index in [9.17, 15) is 15.2 Å². The highest BCUT2D eigenvalue weighted by atomic mass is 16.5. The number of carbonyl (C=O) groups is 1. The van der Waals surface area contributed by atoms with Crippen LogP contribution >= 0.6 is 0 Å². The maximum atomic E-state index is 12.0. The molecule has 2 aromatic carbocycles. The Balaban J connectivity index is 1.21. The number of hydrogen-bond donors (Lipinski definition) is 2. The van der Waals surface area contributed by atoms with E-state index in [1.54, 1.807) is 23.2 Å². The second-order valence-corrected chi connectivity index (χ2v) is 10.1. The fourth-order valence-electron chi connectivity index (χ4n) is 4.94. The van der Waals surface area contributed by atoms with Crippen molar-refractivity contribution < 1.29 is 19.4 Å². The van der Waals surface area contributed by atoms with E-state index in [1.807, 2.05) is 24.3 Å². The molecule has 1 aromatic heterocycles. The highest BCUT2D eigenvalue weighted by Gasteiger charge is 2.26. The van der Waals surface area contributed by atoms with Crippen LogP contribution in [0.15, 0.2) is 54.7 Å². The van der Waals surface area contributed by atoms with Crippen LogP contribution in [0.25, 0.3) is 11.3 Å². The first kappa shape index (κ1) is 27.5. The van der Waals surface area contributed by atoms with Gasteiger partial charge in [0.2, 0.25) is 5.95 Å². The summed E-state index contributed by atoms with van der Waals surface area (Å²) in [6, 6.07) is 17.8. The van der Waals surface area contributed by atoms with E-state index < -0.39 is 6.10 Å². The van der Waals surface area contributed by atoms with Crippen LogP contribution in [0.1, 0.15) is 30.9 Å². The van der Waals surface area contributed by atoms with Crippen LogP contribution in [0.2, 0.25) is 0 Å². The van der Waals surface area contributed by atoms with Crippen LogP contribution < -0.4 is 10.1 Å². The zero-order chi connectivity index (χ0) is 27.9. The molecule has 1 atom stereocenters. The summed E-state index contributed by atoms with van der Waals surface area (Å²) < 4.78 is 11.6. The van der Waals surface area contributed by atoms with Crippen molar-refractivity contribution >= 4 is 17.5 Å². The molecule has 3 aromatic rings. The number of aliphatic hydroxyl groups excluding tert-OH is 1. The van der Waals surface area contributed by atoms with Gasteiger partial charge in [-0.15, -0.1) is 0 Å². The molecular weight excluding hydrogens is 508 g/mol. The summed E-state index contributed by atoms with van der Waals surface area (Å²) in [5, 5.41) is 22.6. The molecular formula is C30H34N6O4. The van der Waals surface area contributed by atoms with Crippen LogP contribution in [0, 0.1) is 11.3 Å². The summed E-state index contributed by atoms with van der Waals surface area (Å²) in [6.07, 6.45) is 1.86. The highest BCUT2D eigenvalue weighted by molar-refractivity contribution is 5.80. The Morgan fingerprint density at radius 2 is 1.90 bits per heavy atom. The number of aromatic nitrogens is 2. The zero-order valence-electron chi connectivity index (χ0n) is 22.6. The maximum absolute atomic E-state index is 12.0. The third-order valence-electron chi connectivity index (χ3n) is 7.18. The van der Waals surface area contributed by atoms with Gasteiger partial charge in [0.15, 0.2) is 0 Å². The van der Waals surface area contributed by atoms with Gasteiger partial charge in [-0.05, 0) is 48.9 Å². The Labute approximate surface area is 234 Å². The fourth-order valence-corrected chi connectivity index (χ4v) is 4.94. The Kier molecular flexibility index (Phi) is 8.86. The number of rotatable bonds is 8. The van der Waals surface area contributed by atoms with Crippen molar-refractivity contribution in [3.05, 3.63) is 65.9 Å². The summed E-state index contributed by atoms with van der Waals surface area (Å²) in [4.78, 5) is 25.1. The standard InChI is InChI=1S/C30H34N6O4/c1-21(37)29(38)36-12-9-26(10-13-36)40-28-7-4-23(18-24(28)19-31)27-8-11-32-30(34-27)33-25-5-2-22(3-6-25)20-35-14-16-39-17-15-35/h2-8,11,18,21,26,37H,9-10,12-17,20H2,1H3,(H,32,33,34)/t21-/m0/s1. The summed E-state index contributed by atoms with van der Waals surface area (Å²) in [7, 11) is 0. The van der Waals surface area contributed by atoms with Crippen molar-refractivity contribution in [2.75, 3.05) is 44.7 Å². The third-order valence-corrected chi connectivity index (χ3v) is 7.18. The van der Waals surface area contributed by atoms with Gasteiger partial charge >= 0.3 is 0 Å². The van der Waals surface area contributed by atoms with Crippen molar-refractivity contribution in [3.63, 3.8) is 0 Å². The van der Waals surface area contributed by atoms with Gasteiger partial charge in [0.25, 0.3) is 5.91 Å². The van der Waals surface area contributed by atoms with E-state index in [4.69, 9.17) is 9.47 Å². The van der Waals surface area contributed by atoms with Crippen molar-refractivity contribution in [3.8, 4) is 23.1 Å². The number of carbonyl (C=O) groups excluding carboxylic acids is 1. The molecule has 2 N–H and O–H groups in total. The Morgan fingerprint density at radius 3 is 2.60 bits per heavy atom. The molecule has 2 saturated heterocycles. The molecule has 10 heteroatoms. The molecule has 2 fully saturated rings. The lowest BCUT2D eigenvalue weighted by atomic mass is 10.1. The van der Waals surface area contributed by atoms with Crippen molar-refractivity contribution in [1.29, 1.82) is 5.26 Å². The number of hydrogen-bond acceptors (Lipinski definition) is 9. The Bertz CT molecular complexity index is 1340. The smallest absolute Gasteiger partial charge is 0.251 e. The molecule has 5 rings (SSSR count). The number of piperidine rings is 1. The maximum Gasteiger partial charge on any atom is 0.251 e. The summed E-state index contributed by atoms with van der Waals surface area (Å²) in [5.41, 5.74) is 4.03. The third kappa shape index (κ3) is 6.93. The van der Waals surface area contributed by atoms with Crippen LogP contribution in [0.3, 0.4) is 0 Å².